The smallest absolute Gasteiger partial charge is 0.00129 e. The van der Waals surface area contributed by atoms with Crippen LogP contribution in [0.3, 0.4) is 0 Å². The highest BCUT2D eigenvalue weighted by molar-refractivity contribution is 6.01. The molecule has 0 amide bonds. The van der Waals surface area contributed by atoms with Crippen molar-refractivity contribution >= 4 is 10.8 Å². The third-order valence-electron chi connectivity index (χ3n) is 6.07. The molecule has 0 saturated heterocycles. The minimum Gasteiger partial charge on any atom is -0.0619 e. The Morgan fingerprint density at radius 1 is 0.600 bits per heavy atom. The van der Waals surface area contributed by atoms with E-state index in [2.05, 4.69) is 73.7 Å². The summed E-state index contributed by atoms with van der Waals surface area (Å²) in [7, 11) is 0. The molecule has 0 heteroatoms. The van der Waals surface area contributed by atoms with Crippen LogP contribution >= 0.6 is 0 Å². The van der Waals surface area contributed by atoms with Gasteiger partial charge in [-0.05, 0) is 80.6 Å². The molecule has 0 spiro atoms. The van der Waals surface area contributed by atoms with Crippen molar-refractivity contribution < 1.29 is 0 Å². The number of rotatable bonds is 0. The number of hydrogen-bond acceptors (Lipinski definition) is 0. The summed E-state index contributed by atoms with van der Waals surface area (Å²) in [6.45, 7) is 2.30. The molecule has 4 aromatic rings. The molecule has 0 unspecified atom stereocenters. The van der Waals surface area contributed by atoms with Crippen LogP contribution in [0.15, 0.2) is 66.7 Å². The van der Waals surface area contributed by atoms with E-state index < -0.39 is 0 Å². The molecule has 118 valence electrons. The summed E-state index contributed by atoms with van der Waals surface area (Å²) >= 11 is 0. The van der Waals surface area contributed by atoms with Crippen LogP contribution in [0.5, 0.6) is 0 Å². The summed E-state index contributed by atoms with van der Waals surface area (Å²) in [5, 5.41) is 2.75. The normalized spacial score (nSPS) is 13.5. The highest BCUT2D eigenvalue weighted by Gasteiger charge is 2.29. The second kappa shape index (κ2) is 4.61. The summed E-state index contributed by atoms with van der Waals surface area (Å²) in [5.41, 5.74) is 13.3. The van der Waals surface area contributed by atoms with Gasteiger partial charge in [0.05, 0.1) is 0 Å². The second-order valence-electron chi connectivity index (χ2n) is 7.40. The van der Waals surface area contributed by atoms with Crippen LogP contribution in [0.1, 0.15) is 27.8 Å². The van der Waals surface area contributed by atoms with Crippen LogP contribution in [0.2, 0.25) is 0 Å². The molecule has 25 heavy (non-hydrogen) atoms. The highest BCUT2D eigenvalue weighted by atomic mass is 14.3. The Morgan fingerprint density at radius 2 is 1.32 bits per heavy atom. The Hall–Kier alpha value is -2.86. The molecule has 0 N–H and O–H groups in total. The van der Waals surface area contributed by atoms with E-state index in [1.807, 2.05) is 0 Å². The summed E-state index contributed by atoms with van der Waals surface area (Å²) in [4.78, 5) is 0. The monoisotopic (exact) mass is 318 g/mol. The van der Waals surface area contributed by atoms with Crippen LogP contribution in [0.25, 0.3) is 33.0 Å². The van der Waals surface area contributed by atoms with Gasteiger partial charge in [-0.2, -0.15) is 0 Å². The van der Waals surface area contributed by atoms with Crippen LogP contribution in [0.4, 0.5) is 0 Å². The Bertz CT molecular complexity index is 1190. The van der Waals surface area contributed by atoms with E-state index in [1.165, 1.54) is 60.8 Å². The van der Waals surface area contributed by atoms with Crippen molar-refractivity contribution in [3.05, 3.63) is 94.5 Å². The first-order valence-corrected chi connectivity index (χ1v) is 9.06. The minimum atomic E-state index is 1.06. The van der Waals surface area contributed by atoms with E-state index >= 15 is 0 Å². The van der Waals surface area contributed by atoms with Gasteiger partial charge < -0.3 is 0 Å². The first-order chi connectivity index (χ1) is 12.3. The van der Waals surface area contributed by atoms with E-state index in [0.717, 1.165) is 12.8 Å². The molecule has 0 aromatic heterocycles. The SMILES string of the molecule is Cc1c2c(cc3ccccc13)Cc1ccc3c(c1-2)-c1ccccc1C3. The van der Waals surface area contributed by atoms with Gasteiger partial charge in [0.25, 0.3) is 0 Å². The zero-order valence-corrected chi connectivity index (χ0v) is 14.3. The largest absolute Gasteiger partial charge is 0.0619 e. The molecular formula is C25H18. The maximum absolute atomic E-state index is 2.41. The predicted octanol–water partition coefficient (Wildman–Crippen LogP) is 6.29. The fourth-order valence-electron chi connectivity index (χ4n) is 4.99. The molecule has 2 aliphatic carbocycles. The summed E-state index contributed by atoms with van der Waals surface area (Å²) in [6, 6.07) is 24.9. The molecule has 0 heterocycles. The average Bonchev–Trinajstić information content (AvgIpc) is 3.19. The first-order valence-electron chi connectivity index (χ1n) is 9.06. The first kappa shape index (κ1) is 13.4. The van der Waals surface area contributed by atoms with E-state index in [0.29, 0.717) is 0 Å². The highest BCUT2D eigenvalue weighted by Crippen LogP contribution is 2.51. The van der Waals surface area contributed by atoms with Gasteiger partial charge in [-0.3, -0.25) is 0 Å². The third-order valence-corrected chi connectivity index (χ3v) is 6.07. The Balaban J connectivity index is 1.74. The van der Waals surface area contributed by atoms with Crippen LogP contribution in [-0.2, 0) is 12.8 Å². The van der Waals surface area contributed by atoms with Crippen molar-refractivity contribution in [2.75, 3.05) is 0 Å². The number of hydrogen-bond donors (Lipinski definition) is 0. The number of fused-ring (bicyclic) bond motifs is 8. The van der Waals surface area contributed by atoms with Crippen molar-refractivity contribution in [2.24, 2.45) is 0 Å². The number of benzene rings is 4. The second-order valence-corrected chi connectivity index (χ2v) is 7.40. The summed E-state index contributed by atoms with van der Waals surface area (Å²) in [6.07, 6.45) is 2.13. The van der Waals surface area contributed by atoms with Crippen LogP contribution in [-0.4, -0.2) is 0 Å². The van der Waals surface area contributed by atoms with Gasteiger partial charge >= 0.3 is 0 Å². The lowest BCUT2D eigenvalue weighted by atomic mass is 9.89. The Labute approximate surface area is 147 Å². The van der Waals surface area contributed by atoms with Gasteiger partial charge in [0.15, 0.2) is 0 Å². The Morgan fingerprint density at radius 3 is 2.24 bits per heavy atom. The minimum absolute atomic E-state index is 1.06. The van der Waals surface area contributed by atoms with Gasteiger partial charge in [0.1, 0.15) is 0 Å². The molecule has 0 aliphatic heterocycles. The topological polar surface area (TPSA) is 0 Å². The lowest BCUT2D eigenvalue weighted by Gasteiger charge is -2.14. The van der Waals surface area contributed by atoms with Crippen LogP contribution in [0, 0.1) is 6.92 Å². The van der Waals surface area contributed by atoms with Crippen molar-refractivity contribution in [3.8, 4) is 22.3 Å². The molecule has 0 nitrogen and oxygen atoms in total. The molecular weight excluding hydrogens is 300 g/mol. The standard InChI is InChI=1S/C25H18/c1-15-21-8-4-2-6-16(21)13-20-14-19-11-10-18-12-17-7-3-5-9-22(17)24(18)25(19)23(15)20/h2-11,13H,12,14H2,1H3. The maximum atomic E-state index is 2.41. The fourth-order valence-corrected chi connectivity index (χ4v) is 4.99. The zero-order valence-electron chi connectivity index (χ0n) is 14.3. The van der Waals surface area contributed by atoms with Gasteiger partial charge in [-0.25, -0.2) is 0 Å². The van der Waals surface area contributed by atoms with Crippen molar-refractivity contribution in [2.45, 2.75) is 19.8 Å². The maximum Gasteiger partial charge on any atom is -0.00129 e. The van der Waals surface area contributed by atoms with Gasteiger partial charge in [-0.1, -0.05) is 66.7 Å². The molecule has 0 fully saturated rings. The molecule has 2 aliphatic rings. The molecule has 0 bridgehead atoms. The lowest BCUT2D eigenvalue weighted by molar-refractivity contribution is 1.23. The van der Waals surface area contributed by atoms with E-state index in [4.69, 9.17) is 0 Å². The van der Waals surface area contributed by atoms with Gasteiger partial charge in [-0.15, -0.1) is 0 Å². The number of aryl methyl sites for hydroxylation is 1. The third kappa shape index (κ3) is 1.67. The van der Waals surface area contributed by atoms with Crippen molar-refractivity contribution in [1.82, 2.24) is 0 Å². The van der Waals surface area contributed by atoms with Crippen molar-refractivity contribution in [3.63, 3.8) is 0 Å². The zero-order chi connectivity index (χ0) is 16.5. The fraction of sp³-hybridized carbons (Fsp3) is 0.120. The quantitative estimate of drug-likeness (QED) is 0.309. The molecule has 0 saturated carbocycles. The lowest BCUT2D eigenvalue weighted by Crippen LogP contribution is -1.90. The van der Waals surface area contributed by atoms with Gasteiger partial charge in [0, 0.05) is 0 Å². The van der Waals surface area contributed by atoms with E-state index in [-0.39, 0.29) is 0 Å². The summed E-state index contributed by atoms with van der Waals surface area (Å²) in [5.74, 6) is 0. The average molecular weight is 318 g/mol. The molecule has 4 aromatic carbocycles. The predicted molar refractivity (Wildman–Crippen MR) is 105 cm³/mol. The van der Waals surface area contributed by atoms with E-state index in [9.17, 15) is 0 Å². The summed E-state index contributed by atoms with van der Waals surface area (Å²) < 4.78 is 0. The molecule has 0 atom stereocenters. The van der Waals surface area contributed by atoms with Gasteiger partial charge in [0.2, 0.25) is 0 Å². The molecule has 6 rings (SSSR count). The Kier molecular flexibility index (Phi) is 2.48. The molecule has 0 radical (unpaired) electrons. The van der Waals surface area contributed by atoms with Crippen LogP contribution < -0.4 is 0 Å². The van der Waals surface area contributed by atoms with Crippen molar-refractivity contribution in [1.29, 1.82) is 0 Å². The van der Waals surface area contributed by atoms with E-state index in [1.54, 1.807) is 0 Å².